The van der Waals surface area contributed by atoms with Crippen LogP contribution in [0, 0.1) is 0 Å². The molecule has 2 aromatic rings. The molecule has 0 saturated carbocycles. The molecule has 116 valence electrons. The van der Waals surface area contributed by atoms with Crippen LogP contribution in [-0.4, -0.2) is 25.2 Å². The molecular formula is C17H18BrNO3. The lowest BCUT2D eigenvalue weighted by Crippen LogP contribution is -2.27. The molecule has 0 saturated heterocycles. The number of carbonyl (C=O) groups excluding carboxylic acids is 1. The van der Waals surface area contributed by atoms with Crippen molar-refractivity contribution < 1.29 is 14.3 Å². The standard InChI is InChI=1S/C17H18BrNO3/c1-19(11-14-10-15(18)8-9-16(14)21-2)17(20)22-12-13-6-4-3-5-7-13/h3-10H,11-12H2,1-2H3. The Morgan fingerprint density at radius 2 is 1.91 bits per heavy atom. The van der Waals surface area contributed by atoms with Crippen molar-refractivity contribution in [2.75, 3.05) is 14.2 Å². The van der Waals surface area contributed by atoms with Crippen molar-refractivity contribution in [2.24, 2.45) is 0 Å². The molecule has 2 rings (SSSR count). The second-order valence-electron chi connectivity index (χ2n) is 4.85. The van der Waals surface area contributed by atoms with Crippen LogP contribution >= 0.6 is 15.9 Å². The van der Waals surface area contributed by atoms with E-state index in [9.17, 15) is 4.79 Å². The van der Waals surface area contributed by atoms with Gasteiger partial charge in [0.15, 0.2) is 0 Å². The molecule has 0 fully saturated rings. The molecule has 0 aliphatic carbocycles. The van der Waals surface area contributed by atoms with Gasteiger partial charge in [-0.2, -0.15) is 0 Å². The molecule has 4 nitrogen and oxygen atoms in total. The first-order valence-corrected chi connectivity index (χ1v) is 7.63. The van der Waals surface area contributed by atoms with E-state index < -0.39 is 0 Å². The van der Waals surface area contributed by atoms with Crippen LogP contribution in [0.5, 0.6) is 5.75 Å². The highest BCUT2D eigenvalue weighted by atomic mass is 79.9. The minimum Gasteiger partial charge on any atom is -0.496 e. The maximum absolute atomic E-state index is 12.1. The number of benzene rings is 2. The number of hydrogen-bond acceptors (Lipinski definition) is 3. The van der Waals surface area contributed by atoms with E-state index >= 15 is 0 Å². The average Bonchev–Trinajstić information content (AvgIpc) is 2.53. The fourth-order valence-corrected chi connectivity index (χ4v) is 2.43. The van der Waals surface area contributed by atoms with Crippen LogP contribution in [0.2, 0.25) is 0 Å². The molecule has 0 bridgehead atoms. The summed E-state index contributed by atoms with van der Waals surface area (Å²) < 4.78 is 11.6. The van der Waals surface area contributed by atoms with Gasteiger partial charge in [-0.25, -0.2) is 4.79 Å². The Bertz CT molecular complexity index is 631. The van der Waals surface area contributed by atoms with Gasteiger partial charge in [-0.3, -0.25) is 0 Å². The predicted molar refractivity (Wildman–Crippen MR) is 88.8 cm³/mol. The zero-order chi connectivity index (χ0) is 15.9. The Morgan fingerprint density at radius 1 is 1.18 bits per heavy atom. The fraction of sp³-hybridized carbons (Fsp3) is 0.235. The number of carbonyl (C=O) groups is 1. The highest BCUT2D eigenvalue weighted by Gasteiger charge is 2.13. The zero-order valence-electron chi connectivity index (χ0n) is 12.6. The van der Waals surface area contributed by atoms with Crippen LogP contribution in [0.4, 0.5) is 4.79 Å². The second kappa shape index (κ2) is 7.84. The predicted octanol–water partition coefficient (Wildman–Crippen LogP) is 4.23. The Morgan fingerprint density at radius 3 is 2.59 bits per heavy atom. The molecule has 0 spiro atoms. The number of nitrogens with zero attached hydrogens (tertiary/aromatic N) is 1. The molecule has 0 atom stereocenters. The van der Waals surface area contributed by atoms with Gasteiger partial charge >= 0.3 is 6.09 Å². The SMILES string of the molecule is COc1ccc(Br)cc1CN(C)C(=O)OCc1ccccc1. The minimum absolute atomic E-state index is 0.264. The molecule has 22 heavy (non-hydrogen) atoms. The quantitative estimate of drug-likeness (QED) is 0.797. The van der Waals surface area contributed by atoms with E-state index in [0.717, 1.165) is 21.3 Å². The van der Waals surface area contributed by atoms with E-state index in [1.165, 1.54) is 4.90 Å². The van der Waals surface area contributed by atoms with Crippen LogP contribution in [-0.2, 0) is 17.9 Å². The first-order valence-electron chi connectivity index (χ1n) is 6.84. The highest BCUT2D eigenvalue weighted by molar-refractivity contribution is 9.10. The molecular weight excluding hydrogens is 346 g/mol. The molecule has 0 unspecified atom stereocenters. The summed E-state index contributed by atoms with van der Waals surface area (Å²) in [5.74, 6) is 0.742. The van der Waals surface area contributed by atoms with Gasteiger partial charge in [0.05, 0.1) is 13.7 Å². The van der Waals surface area contributed by atoms with E-state index in [2.05, 4.69) is 15.9 Å². The number of amides is 1. The van der Waals surface area contributed by atoms with Gasteiger partial charge in [0.25, 0.3) is 0 Å². The summed E-state index contributed by atoms with van der Waals surface area (Å²) in [6.45, 7) is 0.676. The molecule has 0 aliphatic heterocycles. The van der Waals surface area contributed by atoms with Gasteiger partial charge in [-0.05, 0) is 23.8 Å². The van der Waals surface area contributed by atoms with E-state index in [1.807, 2.05) is 48.5 Å². The molecule has 0 N–H and O–H groups in total. The normalized spacial score (nSPS) is 10.1. The van der Waals surface area contributed by atoms with Crippen LogP contribution in [0.1, 0.15) is 11.1 Å². The maximum atomic E-state index is 12.1. The van der Waals surface area contributed by atoms with E-state index in [-0.39, 0.29) is 12.7 Å². The van der Waals surface area contributed by atoms with Crippen LogP contribution in [0.3, 0.4) is 0 Å². The average molecular weight is 364 g/mol. The molecule has 0 radical (unpaired) electrons. The summed E-state index contributed by atoms with van der Waals surface area (Å²) in [4.78, 5) is 13.6. The van der Waals surface area contributed by atoms with Gasteiger partial charge in [-0.15, -0.1) is 0 Å². The second-order valence-corrected chi connectivity index (χ2v) is 5.77. The summed E-state index contributed by atoms with van der Waals surface area (Å²) >= 11 is 3.42. The summed E-state index contributed by atoms with van der Waals surface area (Å²) in [6, 6.07) is 15.3. The van der Waals surface area contributed by atoms with Crippen LogP contribution in [0.25, 0.3) is 0 Å². The van der Waals surface area contributed by atoms with Crippen molar-refractivity contribution in [3.8, 4) is 5.75 Å². The number of halogens is 1. The van der Waals surface area contributed by atoms with Crippen molar-refractivity contribution in [2.45, 2.75) is 13.2 Å². The van der Waals surface area contributed by atoms with Crippen molar-refractivity contribution in [3.05, 3.63) is 64.1 Å². The van der Waals surface area contributed by atoms with Crippen molar-refractivity contribution in [3.63, 3.8) is 0 Å². The Balaban J connectivity index is 1.95. The number of ether oxygens (including phenoxy) is 2. The summed E-state index contributed by atoms with van der Waals surface area (Å²) in [5, 5.41) is 0. The third-order valence-electron chi connectivity index (χ3n) is 3.17. The lowest BCUT2D eigenvalue weighted by atomic mass is 10.2. The first-order chi connectivity index (χ1) is 10.6. The maximum Gasteiger partial charge on any atom is 0.410 e. The lowest BCUT2D eigenvalue weighted by Gasteiger charge is -2.18. The summed E-state index contributed by atoms with van der Waals surface area (Å²) in [5.41, 5.74) is 1.88. The molecule has 0 aromatic heterocycles. The smallest absolute Gasteiger partial charge is 0.410 e. The van der Waals surface area contributed by atoms with Gasteiger partial charge in [0.1, 0.15) is 12.4 Å². The van der Waals surface area contributed by atoms with Crippen LogP contribution < -0.4 is 4.74 Å². The monoisotopic (exact) mass is 363 g/mol. The van der Waals surface area contributed by atoms with E-state index in [1.54, 1.807) is 14.2 Å². The van der Waals surface area contributed by atoms with Gasteiger partial charge in [0, 0.05) is 17.1 Å². The minimum atomic E-state index is -0.370. The van der Waals surface area contributed by atoms with Crippen molar-refractivity contribution >= 4 is 22.0 Å². The zero-order valence-corrected chi connectivity index (χ0v) is 14.2. The highest BCUT2D eigenvalue weighted by Crippen LogP contribution is 2.24. The number of methoxy groups -OCH3 is 1. The van der Waals surface area contributed by atoms with E-state index in [0.29, 0.717) is 6.54 Å². The first kappa shape index (κ1) is 16.4. The van der Waals surface area contributed by atoms with Crippen molar-refractivity contribution in [1.82, 2.24) is 4.90 Å². The summed E-state index contributed by atoms with van der Waals surface area (Å²) in [6.07, 6.45) is -0.370. The topological polar surface area (TPSA) is 38.8 Å². The third kappa shape index (κ3) is 4.49. The molecule has 5 heteroatoms. The van der Waals surface area contributed by atoms with Gasteiger partial charge < -0.3 is 14.4 Å². The third-order valence-corrected chi connectivity index (χ3v) is 3.66. The number of hydrogen-bond donors (Lipinski definition) is 0. The Hall–Kier alpha value is -2.01. The molecule has 0 heterocycles. The van der Waals surface area contributed by atoms with Gasteiger partial charge in [-0.1, -0.05) is 46.3 Å². The Kier molecular flexibility index (Phi) is 5.83. The van der Waals surface area contributed by atoms with Gasteiger partial charge in [0.2, 0.25) is 0 Å². The Labute approximate surface area is 138 Å². The van der Waals surface area contributed by atoms with Crippen molar-refractivity contribution in [1.29, 1.82) is 0 Å². The molecule has 2 aromatic carbocycles. The molecule has 1 amide bonds. The van der Waals surface area contributed by atoms with E-state index in [4.69, 9.17) is 9.47 Å². The fourth-order valence-electron chi connectivity index (χ4n) is 2.02. The molecule has 0 aliphatic rings. The number of rotatable bonds is 5. The lowest BCUT2D eigenvalue weighted by molar-refractivity contribution is 0.102. The van der Waals surface area contributed by atoms with Crippen LogP contribution in [0.15, 0.2) is 53.0 Å². The largest absolute Gasteiger partial charge is 0.496 e. The summed E-state index contributed by atoms with van der Waals surface area (Å²) in [7, 11) is 3.31.